The van der Waals surface area contributed by atoms with Crippen molar-refractivity contribution in [2.24, 2.45) is 52.3 Å². The smallest absolute Gasteiger partial charge is 0.329 e. The molecule has 3 unspecified atom stereocenters. The van der Waals surface area contributed by atoms with Crippen LogP contribution in [0.2, 0.25) is 0 Å². The number of carboxylic acids is 2. The van der Waals surface area contributed by atoms with Gasteiger partial charge in [-0.25, -0.2) is 4.79 Å². The third-order valence-corrected chi connectivity index (χ3v) is 18.4. The number of aliphatic hydroxyl groups excluding tert-OH is 4. The Kier molecular flexibility index (Phi) is 40.9. The normalized spacial score (nSPS) is 23.8. The van der Waals surface area contributed by atoms with Crippen molar-refractivity contribution in [3.8, 4) is 0 Å². The fourth-order valence-corrected chi connectivity index (χ4v) is 12.4. The summed E-state index contributed by atoms with van der Waals surface area (Å²) >= 11 is 0. The second-order valence-electron chi connectivity index (χ2n) is 28.5. The number of aliphatic carboxylic acids is 2. The van der Waals surface area contributed by atoms with Gasteiger partial charge in [-0.3, -0.25) is 81.5 Å². The molecule has 2 fully saturated rings. The number of piperidine rings is 1. The second-order valence-corrected chi connectivity index (χ2v) is 28.5. The zero-order chi connectivity index (χ0) is 83.9. The van der Waals surface area contributed by atoms with E-state index in [4.69, 9.17) is 38.1 Å². The average Bonchev–Trinajstić information content (AvgIpc) is 0.895. The molecule has 42 heteroatoms. The van der Waals surface area contributed by atoms with Crippen LogP contribution in [-0.2, 0) is 95.8 Å². The summed E-state index contributed by atoms with van der Waals surface area (Å²) in [6.07, 6.45) is -19.1. The molecule has 110 heavy (non-hydrogen) atoms. The Balaban J connectivity index is 3.03. The largest absolute Gasteiger partial charge is 0.481 e. The number of nitrogens with two attached hydrogens (primary N) is 5. The average molecular weight is 1570 g/mol. The van der Waals surface area contributed by atoms with Gasteiger partial charge in [0.15, 0.2) is 12.2 Å². The van der Waals surface area contributed by atoms with Crippen LogP contribution in [0.4, 0.5) is 0 Å². The third kappa shape index (κ3) is 31.3. The van der Waals surface area contributed by atoms with E-state index in [1.54, 1.807) is 20.8 Å². The van der Waals surface area contributed by atoms with Crippen LogP contribution in [0.1, 0.15) is 165 Å². The number of cyclic esters (lactones) is 1. The number of carbonyl (C=O) groups is 18. The minimum atomic E-state index is -2.78. The topological polar surface area (TPSA) is 692 Å². The molecular formula is C68H114N16O26. The zero-order valence-corrected chi connectivity index (χ0v) is 63.7. The first-order chi connectivity index (χ1) is 51.3. The van der Waals surface area contributed by atoms with E-state index in [2.05, 4.69) is 47.9 Å². The maximum atomic E-state index is 15.0. The van der Waals surface area contributed by atoms with Gasteiger partial charge in [0.05, 0.1) is 37.0 Å². The van der Waals surface area contributed by atoms with E-state index in [1.165, 1.54) is 13.8 Å². The number of primary amides is 4. The van der Waals surface area contributed by atoms with Crippen LogP contribution in [0.5, 0.6) is 0 Å². The SMILES string of the molecule is CCO[C@H](C(N)=O)[C@@H]1NC(=O)[C@H](CCC(N)=O)N(C)C(=O)[C@H](CC(C)C)NC(=O)[C@@H](CCCCN)NC(=O)[C@@H]([C@@H](C)O)NC(=O)[C@H](NC(=O)[C@H](CCC(N)=O)NC(=O)[C@H](O)C(O)[C@H](CCC(N)=O)NC(=O)[C@@H](CC(=O)O)NC(=O)[C@H](C)C(O)[C@H](C)CC(C)C)[C@@H](C)OC(=O)C2CCCCN2C(=O)[C@@H](CC(=O)O)NC1=O. The number of carbonyl (C=O) groups excluding carboxylic acids is 16. The summed E-state index contributed by atoms with van der Waals surface area (Å²) in [6, 6.07) is -22.0. The van der Waals surface area contributed by atoms with Crippen LogP contribution >= 0.6 is 0 Å². The number of rotatable bonds is 38. The Morgan fingerprint density at radius 1 is 0.609 bits per heavy atom. The van der Waals surface area contributed by atoms with Crippen LogP contribution in [0.3, 0.4) is 0 Å². The number of unbranched alkanes of at least 4 members (excludes halogenated alkanes) is 1. The number of nitrogens with zero attached hydrogens (tertiary/aromatic N) is 2. The molecular weight excluding hydrogens is 1460 g/mol. The van der Waals surface area contributed by atoms with Crippen molar-refractivity contribution in [3.63, 3.8) is 0 Å². The maximum Gasteiger partial charge on any atom is 0.329 e. The summed E-state index contributed by atoms with van der Waals surface area (Å²) in [5.41, 5.74) is 27.8. The summed E-state index contributed by atoms with van der Waals surface area (Å²) in [5, 5.41) is 85.7. The van der Waals surface area contributed by atoms with Crippen molar-refractivity contribution in [1.82, 2.24) is 57.7 Å². The highest BCUT2D eigenvalue weighted by atomic mass is 16.5. The van der Waals surface area contributed by atoms with E-state index in [1.807, 2.05) is 13.8 Å². The molecule has 0 spiro atoms. The molecule has 15 amide bonds. The lowest BCUT2D eigenvalue weighted by Gasteiger charge is -2.37. The first-order valence-electron chi connectivity index (χ1n) is 36.4. The number of hydrogen-bond donors (Lipinski definition) is 20. The number of ether oxygens (including phenoxy) is 2. The lowest BCUT2D eigenvalue weighted by molar-refractivity contribution is -0.164. The molecule has 622 valence electrons. The molecule has 0 aromatic heterocycles. The van der Waals surface area contributed by atoms with Crippen molar-refractivity contribution in [2.75, 3.05) is 26.7 Å². The van der Waals surface area contributed by atoms with Crippen molar-refractivity contribution in [3.05, 3.63) is 0 Å². The predicted molar refractivity (Wildman–Crippen MR) is 383 cm³/mol. The Bertz CT molecular complexity index is 3250. The van der Waals surface area contributed by atoms with Gasteiger partial charge >= 0.3 is 17.9 Å². The van der Waals surface area contributed by atoms with Crippen molar-refractivity contribution in [2.45, 2.75) is 268 Å². The van der Waals surface area contributed by atoms with E-state index >= 15 is 4.79 Å². The lowest BCUT2D eigenvalue weighted by Crippen LogP contribution is -2.64. The van der Waals surface area contributed by atoms with Crippen molar-refractivity contribution >= 4 is 107 Å². The number of esters is 1. The highest BCUT2D eigenvalue weighted by Crippen LogP contribution is 2.25. The number of hydrogen-bond acceptors (Lipinski definition) is 25. The standard InChI is InChI=1S/C68H114N16O26/c1-11-109-55(56(73)96)51-64(104)79-41(29-48(91)92)67(107)84-25-15-13-17-43(84)68(108)110-35(9)50(63(103)80-49(34(8)85)62(102)75-37(16-12-14-24-69)58(98)78-40(27-31(4)5)66(106)83(10)42(61(101)82-51)20-23-46(72)88)81-59(99)38(19-22-45(71)87)76-65(105)54(95)53(94)36(18-21-44(70)86)74-60(100)39(28-47(89)90)77-57(97)33(7)52(93)32(6)26-30(2)3/h30-43,49-55,85,93-95H,11-29,69H2,1-10H3,(H2,70,86)(H2,71,87)(H2,72,88)(H2,73,96)(H,74,100)(H,75,102)(H,76,105)(H,77,97)(H,78,98)(H,79,104)(H,80,103)(H,81,99)(H,82,101)(H,89,90)(H,91,92)/t32-,33-,34-,35-,36+,37-,38+,39-,40+,41-,42+,43?,49-,50-,51+,52?,53?,54-,55+/m1/s1. The molecule has 2 aliphatic heterocycles. The van der Waals surface area contributed by atoms with E-state index in [9.17, 15) is 112 Å². The van der Waals surface area contributed by atoms with Gasteiger partial charge in [-0.2, -0.15) is 0 Å². The predicted octanol–water partition coefficient (Wildman–Crippen LogP) is -7.90. The molecule has 42 nitrogen and oxygen atoms in total. The van der Waals surface area contributed by atoms with Crippen LogP contribution in [-0.4, -0.2) is 277 Å². The number of carboxylic acid groups (broad SMARTS) is 2. The molecule has 2 saturated heterocycles. The van der Waals surface area contributed by atoms with Crippen LogP contribution < -0.4 is 76.5 Å². The highest BCUT2D eigenvalue weighted by Gasteiger charge is 2.46. The van der Waals surface area contributed by atoms with Crippen LogP contribution in [0.15, 0.2) is 0 Å². The highest BCUT2D eigenvalue weighted by molar-refractivity contribution is 6.01. The first kappa shape index (κ1) is 96.3. The molecule has 2 heterocycles. The molecule has 0 aliphatic carbocycles. The van der Waals surface area contributed by atoms with Gasteiger partial charge in [0, 0.05) is 39.5 Å². The number of nitrogens with one attached hydrogen (secondary N) is 9. The summed E-state index contributed by atoms with van der Waals surface area (Å²) in [4.78, 5) is 251. The number of fused-ring (bicyclic) bond motifs is 1. The summed E-state index contributed by atoms with van der Waals surface area (Å²) in [5.74, 6) is -26.1. The maximum absolute atomic E-state index is 15.0. The summed E-state index contributed by atoms with van der Waals surface area (Å²) < 4.78 is 11.3. The first-order valence-corrected chi connectivity index (χ1v) is 36.4. The number of likely N-dealkylation sites (N-methyl/N-ethyl adjacent to an activating group) is 1. The van der Waals surface area contributed by atoms with Crippen LogP contribution in [0.25, 0.3) is 0 Å². The molecule has 0 aromatic carbocycles. The Morgan fingerprint density at radius 3 is 1.73 bits per heavy atom. The monoisotopic (exact) mass is 1570 g/mol. The van der Waals surface area contributed by atoms with Gasteiger partial charge < -0.3 is 126 Å². The van der Waals surface area contributed by atoms with E-state index in [0.717, 1.165) is 30.7 Å². The molecule has 2 aliphatic rings. The van der Waals surface area contributed by atoms with Crippen molar-refractivity contribution in [1.29, 1.82) is 0 Å². The Labute approximate surface area is 635 Å². The van der Waals surface area contributed by atoms with Crippen molar-refractivity contribution < 1.29 is 126 Å². The molecule has 25 N–H and O–H groups in total. The van der Waals surface area contributed by atoms with Crippen LogP contribution in [0, 0.1) is 23.7 Å². The lowest BCUT2D eigenvalue weighted by atomic mass is 9.87. The third-order valence-electron chi connectivity index (χ3n) is 18.4. The van der Waals surface area contributed by atoms with E-state index in [0.29, 0.717) is 6.42 Å². The molecule has 0 bridgehead atoms. The fraction of sp³-hybridized carbons (Fsp3) is 0.735. The second kappa shape index (κ2) is 46.7. The molecule has 0 radical (unpaired) electrons. The fourth-order valence-electron chi connectivity index (χ4n) is 12.4. The van der Waals surface area contributed by atoms with Gasteiger partial charge in [-0.1, -0.05) is 41.5 Å². The summed E-state index contributed by atoms with van der Waals surface area (Å²) in [6.45, 7) is 12.6. The molecule has 0 saturated carbocycles. The number of amides is 15. The molecule has 19 atom stereocenters. The molecule has 0 aromatic rings. The summed E-state index contributed by atoms with van der Waals surface area (Å²) in [7, 11) is 1.07. The van der Waals surface area contributed by atoms with E-state index < -0.39 is 279 Å². The number of aliphatic hydroxyl groups is 4. The zero-order valence-electron chi connectivity index (χ0n) is 63.7. The molecule has 2 rings (SSSR count). The Morgan fingerprint density at radius 2 is 1.18 bits per heavy atom. The van der Waals surface area contributed by atoms with E-state index in [-0.39, 0.29) is 70.6 Å². The van der Waals surface area contributed by atoms with Gasteiger partial charge in [0.25, 0.3) is 5.91 Å². The minimum absolute atomic E-state index is 0.0605. The van der Waals surface area contributed by atoms with Gasteiger partial charge in [-0.15, -0.1) is 0 Å². The van der Waals surface area contributed by atoms with Gasteiger partial charge in [0.2, 0.25) is 82.7 Å². The van der Waals surface area contributed by atoms with Gasteiger partial charge in [0.1, 0.15) is 72.6 Å². The quantitative estimate of drug-likeness (QED) is 0.0202. The Hall–Kier alpha value is -9.78. The minimum Gasteiger partial charge on any atom is -0.481 e. The van der Waals surface area contributed by atoms with Gasteiger partial charge in [-0.05, 0) is 116 Å².